The summed E-state index contributed by atoms with van der Waals surface area (Å²) in [5, 5.41) is 0. The SMILES string of the molecule is O=C1OCCOC(=O)C(=O)c2ccc(cc2)C1=O. The van der Waals surface area contributed by atoms with Crippen molar-refractivity contribution >= 4 is 23.5 Å². The van der Waals surface area contributed by atoms with Crippen molar-refractivity contribution in [3.05, 3.63) is 35.4 Å². The molecule has 1 aromatic carbocycles. The van der Waals surface area contributed by atoms with Crippen molar-refractivity contribution < 1.29 is 28.7 Å². The molecule has 0 amide bonds. The zero-order valence-electron chi connectivity index (χ0n) is 9.17. The van der Waals surface area contributed by atoms with E-state index in [0.717, 1.165) is 0 Å². The Bertz CT molecular complexity index is 479. The van der Waals surface area contributed by atoms with Crippen molar-refractivity contribution in [3.8, 4) is 0 Å². The minimum Gasteiger partial charge on any atom is -0.456 e. The van der Waals surface area contributed by atoms with E-state index in [4.69, 9.17) is 0 Å². The number of ether oxygens (including phenoxy) is 2. The number of carbonyl (C=O) groups excluding carboxylic acids is 4. The van der Waals surface area contributed by atoms with Gasteiger partial charge < -0.3 is 9.47 Å². The lowest BCUT2D eigenvalue weighted by Crippen LogP contribution is -2.24. The van der Waals surface area contributed by atoms with Crippen LogP contribution in [0.3, 0.4) is 0 Å². The Hall–Kier alpha value is -2.50. The second kappa shape index (κ2) is 4.79. The zero-order valence-corrected chi connectivity index (χ0v) is 9.17. The highest BCUT2D eigenvalue weighted by molar-refractivity contribution is 6.42. The molecule has 2 aliphatic rings. The number of Topliss-reactive ketones (excluding diaryl/α,β-unsaturated/α-hetero) is 2. The van der Waals surface area contributed by atoms with E-state index < -0.39 is 23.5 Å². The number of fused-ring (bicyclic) bond motifs is 9. The highest BCUT2D eigenvalue weighted by Crippen LogP contribution is 2.09. The minimum absolute atomic E-state index is 0.102. The standard InChI is InChI=1S/C12H8O6/c13-9-7-1-2-8(4-3-7)10(14)12(16)18-6-5-17-11(9)15/h1-4H,5-6H2. The van der Waals surface area contributed by atoms with E-state index in [1.54, 1.807) is 0 Å². The summed E-state index contributed by atoms with van der Waals surface area (Å²) in [6.07, 6.45) is 0. The van der Waals surface area contributed by atoms with E-state index in [9.17, 15) is 19.2 Å². The average Bonchev–Trinajstić information content (AvgIpc) is 2.40. The fourth-order valence-corrected chi connectivity index (χ4v) is 1.41. The van der Waals surface area contributed by atoms with E-state index >= 15 is 0 Å². The van der Waals surface area contributed by atoms with Crippen molar-refractivity contribution in [2.24, 2.45) is 0 Å². The Labute approximate surface area is 101 Å². The molecule has 92 valence electrons. The molecule has 1 aromatic rings. The minimum atomic E-state index is -1.02. The van der Waals surface area contributed by atoms with Gasteiger partial charge in [-0.15, -0.1) is 0 Å². The van der Waals surface area contributed by atoms with E-state index in [2.05, 4.69) is 9.47 Å². The predicted molar refractivity (Wildman–Crippen MR) is 57.0 cm³/mol. The fourth-order valence-electron chi connectivity index (χ4n) is 1.41. The van der Waals surface area contributed by atoms with E-state index in [0.29, 0.717) is 0 Å². The molecule has 0 unspecified atom stereocenters. The molecule has 0 N–H and O–H groups in total. The third kappa shape index (κ3) is 2.27. The number of esters is 2. The van der Waals surface area contributed by atoms with Crippen LogP contribution in [-0.2, 0) is 19.1 Å². The van der Waals surface area contributed by atoms with Crippen LogP contribution in [0.4, 0.5) is 0 Å². The van der Waals surface area contributed by atoms with Gasteiger partial charge in [0.2, 0.25) is 0 Å². The molecule has 2 aliphatic heterocycles. The van der Waals surface area contributed by atoms with Crippen LogP contribution in [0.25, 0.3) is 0 Å². The second-order valence-electron chi connectivity index (χ2n) is 3.51. The predicted octanol–water partition coefficient (Wildman–Crippen LogP) is 0.152. The number of hydrogen-bond donors (Lipinski definition) is 0. The van der Waals surface area contributed by atoms with Crippen LogP contribution in [0.5, 0.6) is 0 Å². The van der Waals surface area contributed by atoms with Gasteiger partial charge in [0, 0.05) is 11.1 Å². The zero-order chi connectivity index (χ0) is 13.1. The lowest BCUT2D eigenvalue weighted by atomic mass is 10.1. The van der Waals surface area contributed by atoms with Crippen LogP contribution in [0.15, 0.2) is 24.3 Å². The molecule has 6 heteroatoms. The number of rotatable bonds is 0. The first-order valence-electron chi connectivity index (χ1n) is 5.12. The first kappa shape index (κ1) is 12.0. The molecule has 0 fully saturated rings. The van der Waals surface area contributed by atoms with Crippen LogP contribution in [0, 0.1) is 0 Å². The molecule has 2 heterocycles. The smallest absolute Gasteiger partial charge is 0.379 e. The lowest BCUT2D eigenvalue weighted by Gasteiger charge is -2.08. The Morgan fingerprint density at radius 3 is 1.33 bits per heavy atom. The Morgan fingerprint density at radius 2 is 1.00 bits per heavy atom. The maximum Gasteiger partial charge on any atom is 0.379 e. The van der Waals surface area contributed by atoms with Crippen molar-refractivity contribution in [2.75, 3.05) is 13.2 Å². The van der Waals surface area contributed by atoms with Gasteiger partial charge in [0.05, 0.1) is 0 Å². The van der Waals surface area contributed by atoms with E-state index in [1.807, 2.05) is 0 Å². The Balaban J connectivity index is 2.39. The molecule has 0 radical (unpaired) electrons. The van der Waals surface area contributed by atoms with Crippen LogP contribution in [-0.4, -0.2) is 36.7 Å². The summed E-state index contributed by atoms with van der Waals surface area (Å²) in [6.45, 7) is -0.529. The maximum absolute atomic E-state index is 11.5. The third-order valence-electron chi connectivity index (χ3n) is 2.33. The number of hydrogen-bond acceptors (Lipinski definition) is 6. The largest absolute Gasteiger partial charge is 0.456 e. The molecule has 3 rings (SSSR count). The maximum atomic E-state index is 11.5. The number of carbonyl (C=O) groups is 4. The van der Waals surface area contributed by atoms with Crippen molar-refractivity contribution in [1.29, 1.82) is 0 Å². The van der Waals surface area contributed by atoms with Crippen LogP contribution < -0.4 is 0 Å². The van der Waals surface area contributed by atoms with Crippen LogP contribution in [0.1, 0.15) is 20.7 Å². The highest BCUT2D eigenvalue weighted by atomic mass is 16.6. The number of benzene rings is 1. The summed E-state index contributed by atoms with van der Waals surface area (Å²) in [4.78, 5) is 45.7. The molecule has 2 bridgehead atoms. The summed E-state index contributed by atoms with van der Waals surface area (Å²) in [5.74, 6) is -3.65. The van der Waals surface area contributed by atoms with Crippen molar-refractivity contribution in [2.45, 2.75) is 0 Å². The molecule has 0 aromatic heterocycles. The van der Waals surface area contributed by atoms with Gasteiger partial charge in [-0.3, -0.25) is 9.59 Å². The molecule has 0 aliphatic carbocycles. The lowest BCUT2D eigenvalue weighted by molar-refractivity contribution is -0.146. The molecule has 18 heavy (non-hydrogen) atoms. The second-order valence-corrected chi connectivity index (χ2v) is 3.51. The highest BCUT2D eigenvalue weighted by Gasteiger charge is 2.22. The molecule has 0 saturated carbocycles. The molecule has 6 nitrogen and oxygen atoms in total. The average molecular weight is 248 g/mol. The van der Waals surface area contributed by atoms with Gasteiger partial charge in [-0.2, -0.15) is 0 Å². The third-order valence-corrected chi connectivity index (χ3v) is 2.33. The quantitative estimate of drug-likeness (QED) is 0.480. The van der Waals surface area contributed by atoms with E-state index in [-0.39, 0.29) is 24.3 Å². The first-order chi connectivity index (χ1) is 8.59. The Morgan fingerprint density at radius 1 is 0.667 bits per heavy atom. The van der Waals surface area contributed by atoms with Crippen molar-refractivity contribution in [3.63, 3.8) is 0 Å². The van der Waals surface area contributed by atoms with Gasteiger partial charge in [-0.25, -0.2) is 9.59 Å². The van der Waals surface area contributed by atoms with Crippen molar-refractivity contribution in [1.82, 2.24) is 0 Å². The van der Waals surface area contributed by atoms with Gasteiger partial charge in [-0.05, 0) is 0 Å². The molecular formula is C12H8O6. The number of ketones is 2. The summed E-state index contributed by atoms with van der Waals surface area (Å²) in [7, 11) is 0. The normalized spacial score (nSPS) is 16.7. The first-order valence-corrected chi connectivity index (χ1v) is 5.12. The summed E-state index contributed by atoms with van der Waals surface area (Å²) in [6, 6.07) is 5.13. The van der Waals surface area contributed by atoms with Gasteiger partial charge in [-0.1, -0.05) is 24.3 Å². The van der Waals surface area contributed by atoms with Gasteiger partial charge in [0.25, 0.3) is 11.6 Å². The topological polar surface area (TPSA) is 86.7 Å². The fraction of sp³-hybridized carbons (Fsp3) is 0.167. The van der Waals surface area contributed by atoms with E-state index in [1.165, 1.54) is 24.3 Å². The monoisotopic (exact) mass is 248 g/mol. The molecule has 0 atom stereocenters. The van der Waals surface area contributed by atoms with Crippen LogP contribution in [0.2, 0.25) is 0 Å². The van der Waals surface area contributed by atoms with Gasteiger partial charge >= 0.3 is 11.9 Å². The molecule has 0 spiro atoms. The van der Waals surface area contributed by atoms with Crippen LogP contribution >= 0.6 is 0 Å². The summed E-state index contributed by atoms with van der Waals surface area (Å²) in [5.41, 5.74) is 0.205. The summed E-state index contributed by atoms with van der Waals surface area (Å²) < 4.78 is 9.18. The molecule has 0 saturated heterocycles. The van der Waals surface area contributed by atoms with Gasteiger partial charge in [0.1, 0.15) is 13.2 Å². The summed E-state index contributed by atoms with van der Waals surface area (Å²) >= 11 is 0. The van der Waals surface area contributed by atoms with Gasteiger partial charge in [0.15, 0.2) is 0 Å². The Kier molecular flexibility index (Phi) is 3.18. The molecular weight excluding hydrogens is 240 g/mol.